The lowest BCUT2D eigenvalue weighted by atomic mass is 9.89. The number of methoxy groups -OCH3 is 1. The largest absolute Gasteiger partial charge is 0.496 e. The molecule has 1 aliphatic rings. The van der Waals surface area contributed by atoms with Gasteiger partial charge in [-0.2, -0.15) is 0 Å². The van der Waals surface area contributed by atoms with Gasteiger partial charge < -0.3 is 14.5 Å². The number of anilines is 2. The van der Waals surface area contributed by atoms with E-state index in [4.69, 9.17) is 4.74 Å². The molecule has 170 valence electrons. The molecule has 0 aliphatic carbocycles. The van der Waals surface area contributed by atoms with Crippen LogP contribution in [0.2, 0.25) is 0 Å². The van der Waals surface area contributed by atoms with E-state index >= 15 is 0 Å². The molecular formula is C28H30N2O3. The minimum Gasteiger partial charge on any atom is -0.496 e. The predicted molar refractivity (Wildman–Crippen MR) is 132 cm³/mol. The number of nitrogens with zero attached hydrogens (tertiary/aromatic N) is 2. The third-order valence-corrected chi connectivity index (χ3v) is 6.34. The van der Waals surface area contributed by atoms with E-state index in [9.17, 15) is 9.59 Å². The Balaban J connectivity index is 1.77. The molecule has 3 aromatic carbocycles. The molecule has 1 aliphatic heterocycles. The predicted octanol–water partition coefficient (Wildman–Crippen LogP) is 5.93. The van der Waals surface area contributed by atoms with Crippen molar-refractivity contribution in [1.29, 1.82) is 0 Å². The molecule has 0 saturated carbocycles. The smallest absolute Gasteiger partial charge is 0.258 e. The van der Waals surface area contributed by atoms with Crippen molar-refractivity contribution in [3.63, 3.8) is 0 Å². The Morgan fingerprint density at radius 2 is 1.73 bits per heavy atom. The highest BCUT2D eigenvalue weighted by Crippen LogP contribution is 2.43. The third-order valence-electron chi connectivity index (χ3n) is 6.34. The minimum absolute atomic E-state index is 0.0489. The maximum Gasteiger partial charge on any atom is 0.258 e. The number of amides is 2. The van der Waals surface area contributed by atoms with Crippen molar-refractivity contribution in [2.75, 3.05) is 16.9 Å². The van der Waals surface area contributed by atoms with Crippen molar-refractivity contribution in [1.82, 2.24) is 0 Å². The number of aryl methyl sites for hydroxylation is 1. The number of fused-ring (bicyclic) bond motifs is 1. The van der Waals surface area contributed by atoms with Gasteiger partial charge in [0.25, 0.3) is 5.91 Å². The number of hydrogen-bond acceptors (Lipinski definition) is 3. The molecule has 0 saturated heterocycles. The van der Waals surface area contributed by atoms with Gasteiger partial charge in [0.2, 0.25) is 5.91 Å². The first kappa shape index (κ1) is 22.6. The molecule has 33 heavy (non-hydrogen) atoms. The lowest BCUT2D eigenvalue weighted by Gasteiger charge is -2.43. The number of para-hydroxylation sites is 2. The summed E-state index contributed by atoms with van der Waals surface area (Å²) in [4.78, 5) is 30.5. The Kier molecular flexibility index (Phi) is 6.50. The van der Waals surface area contributed by atoms with Crippen molar-refractivity contribution in [2.24, 2.45) is 0 Å². The van der Waals surface area contributed by atoms with E-state index in [1.165, 1.54) is 0 Å². The summed E-state index contributed by atoms with van der Waals surface area (Å²) in [6.07, 6.45) is 1.06. The molecule has 3 aromatic rings. The van der Waals surface area contributed by atoms with Crippen LogP contribution in [-0.2, 0) is 4.79 Å². The second-order valence-corrected chi connectivity index (χ2v) is 8.47. The molecule has 0 fully saturated rings. The van der Waals surface area contributed by atoms with Gasteiger partial charge in [0.05, 0.1) is 13.2 Å². The van der Waals surface area contributed by atoms with Crippen LogP contribution >= 0.6 is 0 Å². The van der Waals surface area contributed by atoms with E-state index in [2.05, 4.69) is 6.92 Å². The van der Waals surface area contributed by atoms with Crippen LogP contribution in [0, 0.1) is 6.92 Å². The topological polar surface area (TPSA) is 49.9 Å². The summed E-state index contributed by atoms with van der Waals surface area (Å²) in [5.41, 5.74) is 4.26. The van der Waals surface area contributed by atoms with Crippen molar-refractivity contribution in [2.45, 2.75) is 45.7 Å². The lowest BCUT2D eigenvalue weighted by molar-refractivity contribution is -0.118. The van der Waals surface area contributed by atoms with Crippen molar-refractivity contribution in [3.05, 3.63) is 89.5 Å². The second kappa shape index (κ2) is 9.49. The first-order valence-corrected chi connectivity index (χ1v) is 11.4. The van der Waals surface area contributed by atoms with Crippen LogP contribution in [0.25, 0.3) is 0 Å². The van der Waals surface area contributed by atoms with Crippen LogP contribution in [-0.4, -0.2) is 25.0 Å². The number of carbonyl (C=O) groups excluding carboxylic acids is 2. The van der Waals surface area contributed by atoms with Crippen LogP contribution in [0.3, 0.4) is 0 Å². The maximum atomic E-state index is 13.7. The molecule has 2 atom stereocenters. The Bertz CT molecular complexity index is 1160. The Labute approximate surface area is 195 Å². The molecule has 0 unspecified atom stereocenters. The fourth-order valence-electron chi connectivity index (χ4n) is 4.74. The summed E-state index contributed by atoms with van der Waals surface area (Å²) < 4.78 is 5.36. The zero-order chi connectivity index (χ0) is 23.5. The molecule has 0 aromatic heterocycles. The van der Waals surface area contributed by atoms with E-state index in [1.807, 2.05) is 96.4 Å². The average Bonchev–Trinajstić information content (AvgIpc) is 2.84. The Morgan fingerprint density at radius 1 is 1.03 bits per heavy atom. The molecule has 4 rings (SSSR count). The molecule has 0 N–H and O–H groups in total. The second-order valence-electron chi connectivity index (χ2n) is 8.47. The van der Waals surface area contributed by atoms with Gasteiger partial charge in [-0.25, -0.2) is 0 Å². The summed E-state index contributed by atoms with van der Waals surface area (Å²) in [5, 5.41) is 0. The van der Waals surface area contributed by atoms with Gasteiger partial charge in [-0.05, 0) is 67.8 Å². The molecule has 5 heteroatoms. The quantitative estimate of drug-likeness (QED) is 0.492. The van der Waals surface area contributed by atoms with Crippen LogP contribution < -0.4 is 14.5 Å². The molecule has 0 spiro atoms. The van der Waals surface area contributed by atoms with Gasteiger partial charge in [-0.15, -0.1) is 0 Å². The van der Waals surface area contributed by atoms with E-state index in [-0.39, 0.29) is 23.9 Å². The first-order chi connectivity index (χ1) is 16.0. The third kappa shape index (κ3) is 4.23. The van der Waals surface area contributed by atoms with E-state index in [1.54, 1.807) is 7.11 Å². The molecule has 0 radical (unpaired) electrons. The standard InChI is InChI=1S/C28H30N2O3/c1-5-27(31)30(22-11-7-6-8-12-22)25-18-20(3)29(24-14-10-9-13-23(24)25)28(32)21-15-16-26(33-4)19(2)17-21/h6-17,20,25H,5,18H2,1-4H3/t20-,25+/m0/s1. The Hall–Kier alpha value is -3.60. The number of hydrogen-bond donors (Lipinski definition) is 0. The van der Waals surface area contributed by atoms with Crippen molar-refractivity contribution in [3.8, 4) is 5.75 Å². The van der Waals surface area contributed by atoms with E-state index in [0.717, 1.165) is 28.3 Å². The van der Waals surface area contributed by atoms with Crippen LogP contribution in [0.15, 0.2) is 72.8 Å². The number of carbonyl (C=O) groups is 2. The summed E-state index contributed by atoms with van der Waals surface area (Å²) >= 11 is 0. The number of benzene rings is 3. The number of ether oxygens (including phenoxy) is 1. The highest BCUT2D eigenvalue weighted by molar-refractivity contribution is 6.08. The van der Waals surface area contributed by atoms with Gasteiger partial charge in [0.15, 0.2) is 0 Å². The SMILES string of the molecule is CCC(=O)N(c1ccccc1)[C@@H]1C[C@H](C)N(C(=O)c2ccc(OC)c(C)c2)c2ccccc21. The van der Waals surface area contributed by atoms with Gasteiger partial charge in [-0.3, -0.25) is 9.59 Å². The fourth-order valence-corrected chi connectivity index (χ4v) is 4.74. The van der Waals surface area contributed by atoms with Gasteiger partial charge >= 0.3 is 0 Å². The Morgan fingerprint density at radius 3 is 2.39 bits per heavy atom. The fraction of sp³-hybridized carbons (Fsp3) is 0.286. The molecule has 2 amide bonds. The van der Waals surface area contributed by atoms with E-state index in [0.29, 0.717) is 18.4 Å². The van der Waals surface area contributed by atoms with Crippen LogP contribution in [0.4, 0.5) is 11.4 Å². The summed E-state index contributed by atoms with van der Waals surface area (Å²) in [6, 6.07) is 23.0. The highest BCUT2D eigenvalue weighted by Gasteiger charge is 2.38. The zero-order valence-electron chi connectivity index (χ0n) is 19.6. The lowest BCUT2D eigenvalue weighted by Crippen LogP contribution is -2.47. The van der Waals surface area contributed by atoms with E-state index < -0.39 is 0 Å². The number of rotatable bonds is 5. The summed E-state index contributed by atoms with van der Waals surface area (Å²) in [7, 11) is 1.63. The average molecular weight is 443 g/mol. The maximum absolute atomic E-state index is 13.7. The normalized spacial score (nSPS) is 17.3. The van der Waals surface area contributed by atoms with Crippen molar-refractivity contribution >= 4 is 23.2 Å². The van der Waals surface area contributed by atoms with Gasteiger partial charge in [0, 0.05) is 29.4 Å². The summed E-state index contributed by atoms with van der Waals surface area (Å²) in [6.45, 7) is 5.88. The molecule has 1 heterocycles. The minimum atomic E-state index is -0.146. The molecular weight excluding hydrogens is 412 g/mol. The van der Waals surface area contributed by atoms with Gasteiger partial charge in [-0.1, -0.05) is 43.3 Å². The first-order valence-electron chi connectivity index (χ1n) is 11.4. The molecule has 0 bridgehead atoms. The molecule has 5 nitrogen and oxygen atoms in total. The zero-order valence-corrected chi connectivity index (χ0v) is 19.6. The van der Waals surface area contributed by atoms with Crippen LogP contribution in [0.1, 0.15) is 54.2 Å². The van der Waals surface area contributed by atoms with Gasteiger partial charge in [0.1, 0.15) is 5.75 Å². The monoisotopic (exact) mass is 442 g/mol. The highest BCUT2D eigenvalue weighted by atomic mass is 16.5. The van der Waals surface area contributed by atoms with Crippen molar-refractivity contribution < 1.29 is 14.3 Å². The summed E-state index contributed by atoms with van der Waals surface area (Å²) in [5.74, 6) is 0.779. The van der Waals surface area contributed by atoms with Crippen LogP contribution in [0.5, 0.6) is 5.75 Å².